The number of fused-ring (bicyclic) bond motifs is 6. The van der Waals surface area contributed by atoms with Gasteiger partial charge in [-0.3, -0.25) is 9.69 Å². The molecule has 0 radical (unpaired) electrons. The van der Waals surface area contributed by atoms with Crippen LogP contribution in [0.15, 0.2) is 109 Å². The number of ether oxygens (including phenoxy) is 7. The van der Waals surface area contributed by atoms with Crippen molar-refractivity contribution in [2.24, 2.45) is 5.92 Å². The fraction of sp³-hybridized carbons (Fsp3) is 0.471. The Bertz CT molecular complexity index is 3420. The molecule has 482 valence electrons. The fourth-order valence-corrected chi connectivity index (χ4v) is 13.4. The van der Waals surface area contributed by atoms with Crippen molar-refractivity contribution >= 4 is 5.78 Å². The lowest BCUT2D eigenvalue weighted by atomic mass is 9.83. The van der Waals surface area contributed by atoms with Crippen LogP contribution < -0.4 is 28.4 Å². The van der Waals surface area contributed by atoms with Gasteiger partial charge in [0, 0.05) is 26.1 Å². The van der Waals surface area contributed by atoms with E-state index >= 15 is 0 Å². The number of carbonyl (C=O) groups is 1. The first kappa shape index (κ1) is 64.6. The second-order valence-corrected chi connectivity index (χ2v) is 25.2. The lowest BCUT2D eigenvalue weighted by Crippen LogP contribution is -2.57. The van der Waals surface area contributed by atoms with Crippen LogP contribution in [0, 0.1) is 40.8 Å². The third kappa shape index (κ3) is 15.9. The van der Waals surface area contributed by atoms with Crippen molar-refractivity contribution in [1.82, 2.24) is 9.80 Å². The van der Waals surface area contributed by atoms with Gasteiger partial charge in [-0.2, -0.15) is 0 Å². The maximum Gasteiger partial charge on any atom is 0.204 e. The molecule has 0 amide bonds. The predicted octanol–water partition coefficient (Wildman–Crippen LogP) is 10.2. The number of carbonyl (C=O) groups excluding carboxylic acids is 1. The Labute approximate surface area is 520 Å². The van der Waals surface area contributed by atoms with Gasteiger partial charge in [0.15, 0.2) is 18.0 Å². The van der Waals surface area contributed by atoms with E-state index in [9.17, 15) is 51.6 Å². The molecule has 6 aromatic rings. The largest absolute Gasteiger partial charge is 0.487 e. The van der Waals surface area contributed by atoms with Crippen LogP contribution in [0.4, 0.5) is 26.3 Å². The number of likely N-dealkylation sites (N-methyl/N-ethyl adjacent to an activating group) is 2. The van der Waals surface area contributed by atoms with Crippen molar-refractivity contribution in [2.45, 2.75) is 164 Å². The lowest BCUT2D eigenvalue weighted by molar-refractivity contribution is -0.312. The standard InChI is InChI=1S/C24H26F2O4.C23H27F2NO4.C23H25F2NO4/c1-14-10-22(21-6-2-15-11-17(25)4-7-19(15)28-21)30-24(27,13-14)23-9-3-16-12-18(26)5-8-20(16)29-23;2*1-26(12-18(27)22-6-2-14-10-16(24)4-8-20(14)29-22)13-19(28)23-7-3-15-11-17(25)5-9-21(15)30-23/h4-5,7-8,11-12,14,21-23,27H,2-3,6,9-10,13H2,1H3;4-5,8-11,18-19,22-23,27-28H,2-3,6-7,12-13H2,1H3;4-5,8-11,18,22-23,27H,2-3,6-7,12-13H2,1H3/t14?,21-,22?,23+,24?;18-,19?,22?,23?;18-,22?,23?/m100/s1. The lowest BCUT2D eigenvalue weighted by Gasteiger charge is -2.47. The van der Waals surface area contributed by atoms with Crippen LogP contribution in [-0.2, 0) is 48.1 Å². The first-order chi connectivity index (χ1) is 43.2. The summed E-state index contributed by atoms with van der Waals surface area (Å²) < 4.78 is 122. The zero-order chi connectivity index (χ0) is 63.4. The van der Waals surface area contributed by atoms with Crippen LogP contribution in [0.1, 0.15) is 91.7 Å². The molecule has 20 heteroatoms. The Kier molecular flexibility index (Phi) is 20.3. The Hall–Kier alpha value is -6.91. The molecule has 7 aliphatic rings. The van der Waals surface area contributed by atoms with E-state index in [-0.39, 0.29) is 84.1 Å². The Morgan fingerprint density at radius 2 is 0.811 bits per heavy atom. The highest BCUT2D eigenvalue weighted by molar-refractivity contribution is 5.85. The molecule has 6 aromatic carbocycles. The summed E-state index contributed by atoms with van der Waals surface area (Å²) in [7, 11) is 3.59. The topological polar surface area (TPSA) is 169 Å². The van der Waals surface area contributed by atoms with Gasteiger partial charge in [-0.05, 0) is 246 Å². The van der Waals surface area contributed by atoms with E-state index in [0.717, 1.165) is 39.8 Å². The number of aliphatic hydroxyl groups is 4. The summed E-state index contributed by atoms with van der Waals surface area (Å²) in [6.45, 7) is 3.15. The highest BCUT2D eigenvalue weighted by atomic mass is 19.1. The molecule has 8 unspecified atom stereocenters. The average molecular weight is 1250 g/mol. The molecule has 0 bridgehead atoms. The average Bonchev–Trinajstić information content (AvgIpc) is 0.802. The molecule has 0 aliphatic carbocycles. The summed E-state index contributed by atoms with van der Waals surface area (Å²) in [5.74, 6) is 0.634. The van der Waals surface area contributed by atoms with Crippen molar-refractivity contribution in [3.05, 3.63) is 177 Å². The third-order valence-electron chi connectivity index (χ3n) is 18.0. The molecular weight excluding hydrogens is 1170 g/mol. The van der Waals surface area contributed by atoms with E-state index < -0.39 is 42.4 Å². The van der Waals surface area contributed by atoms with Crippen LogP contribution in [0.2, 0.25) is 0 Å². The van der Waals surface area contributed by atoms with E-state index in [1.165, 1.54) is 72.8 Å². The number of hydrogen-bond acceptors (Lipinski definition) is 14. The summed E-state index contributed by atoms with van der Waals surface area (Å²) in [6, 6.07) is 26.6. The molecule has 90 heavy (non-hydrogen) atoms. The Balaban J connectivity index is 0.000000139. The molecule has 1 saturated heterocycles. The van der Waals surface area contributed by atoms with Crippen molar-refractivity contribution in [3.63, 3.8) is 0 Å². The number of nitrogens with zero attached hydrogens (tertiary/aromatic N) is 2. The molecule has 1 fully saturated rings. The first-order valence-electron chi connectivity index (χ1n) is 31.2. The fourth-order valence-electron chi connectivity index (χ4n) is 13.4. The number of hydrogen-bond donors (Lipinski definition) is 4. The SMILES string of the molecule is CC1CC([C@H]2CCc3cc(F)ccc3O2)OC(O)([C@@H]2CCc3cc(F)ccc3O2)C1.CN(CC(=O)C1CCc2cc(F)ccc2O1)C[C@H](O)C1CCc2cc(F)ccc2O1.CN(CC(O)C1CCc2cc(F)ccc2O1)C[C@H](O)C1CCc2cc(F)ccc2O1. The van der Waals surface area contributed by atoms with Gasteiger partial charge in [0.1, 0.15) is 112 Å². The molecule has 4 N–H and O–H groups in total. The van der Waals surface area contributed by atoms with Gasteiger partial charge in [0.05, 0.1) is 12.6 Å². The summed E-state index contributed by atoms with van der Waals surface area (Å²) >= 11 is 0. The van der Waals surface area contributed by atoms with Gasteiger partial charge in [0.2, 0.25) is 5.79 Å². The number of aliphatic hydroxyl groups excluding tert-OH is 3. The maximum atomic E-state index is 13.5. The number of ketones is 1. The van der Waals surface area contributed by atoms with E-state index in [4.69, 9.17) is 33.2 Å². The Morgan fingerprint density at radius 3 is 1.23 bits per heavy atom. The zero-order valence-electron chi connectivity index (χ0n) is 50.7. The van der Waals surface area contributed by atoms with Gasteiger partial charge < -0.3 is 58.5 Å². The second-order valence-electron chi connectivity index (χ2n) is 25.2. The molecule has 12 atom stereocenters. The van der Waals surface area contributed by atoms with Gasteiger partial charge in [-0.15, -0.1) is 0 Å². The number of rotatable bonds is 14. The molecule has 0 aromatic heterocycles. The van der Waals surface area contributed by atoms with Gasteiger partial charge in [-0.25, -0.2) is 26.3 Å². The molecule has 7 heterocycles. The van der Waals surface area contributed by atoms with Crippen molar-refractivity contribution in [2.75, 3.05) is 40.3 Å². The number of aryl methyl sites for hydroxylation is 6. The highest BCUT2D eigenvalue weighted by Crippen LogP contribution is 2.43. The zero-order valence-corrected chi connectivity index (χ0v) is 50.7. The summed E-state index contributed by atoms with van der Waals surface area (Å²) in [6.07, 6.45) is 3.65. The molecule has 7 aliphatic heterocycles. The molecule has 0 spiro atoms. The Morgan fingerprint density at radius 1 is 0.467 bits per heavy atom. The van der Waals surface area contributed by atoms with E-state index in [1.54, 1.807) is 48.3 Å². The minimum absolute atomic E-state index is 0.0786. The number of Topliss-reactive ketones (excluding diaryl/α,β-unsaturated/α-hetero) is 1. The molecule has 0 saturated carbocycles. The minimum Gasteiger partial charge on any atom is -0.487 e. The van der Waals surface area contributed by atoms with Gasteiger partial charge in [-0.1, -0.05) is 6.92 Å². The monoisotopic (exact) mass is 1250 g/mol. The van der Waals surface area contributed by atoms with Crippen LogP contribution in [-0.4, -0.2) is 143 Å². The van der Waals surface area contributed by atoms with E-state index in [0.29, 0.717) is 131 Å². The molecule has 13 rings (SSSR count). The molecular formula is C70H78F6N2O12. The smallest absolute Gasteiger partial charge is 0.204 e. The summed E-state index contributed by atoms with van der Waals surface area (Å²) in [5, 5.41) is 43.3. The summed E-state index contributed by atoms with van der Waals surface area (Å²) in [4.78, 5) is 16.2. The van der Waals surface area contributed by atoms with Crippen LogP contribution in [0.3, 0.4) is 0 Å². The highest BCUT2D eigenvalue weighted by Gasteiger charge is 2.50. The quantitative estimate of drug-likeness (QED) is 0.0761. The minimum atomic E-state index is -1.43. The van der Waals surface area contributed by atoms with Crippen molar-refractivity contribution in [1.29, 1.82) is 0 Å². The van der Waals surface area contributed by atoms with Crippen LogP contribution >= 0.6 is 0 Å². The number of halogens is 6. The maximum absolute atomic E-state index is 13.5. The van der Waals surface area contributed by atoms with Crippen molar-refractivity contribution < 1.29 is 84.7 Å². The predicted molar refractivity (Wildman–Crippen MR) is 321 cm³/mol. The first-order valence-corrected chi connectivity index (χ1v) is 31.2. The third-order valence-corrected chi connectivity index (χ3v) is 18.0. The van der Waals surface area contributed by atoms with E-state index in [1.807, 2.05) is 11.9 Å². The van der Waals surface area contributed by atoms with Crippen molar-refractivity contribution in [3.8, 4) is 34.5 Å². The summed E-state index contributed by atoms with van der Waals surface area (Å²) in [5.41, 5.74) is 4.89. The van der Waals surface area contributed by atoms with Crippen LogP contribution in [0.25, 0.3) is 0 Å². The van der Waals surface area contributed by atoms with Crippen LogP contribution in [0.5, 0.6) is 34.5 Å². The molecule has 14 nitrogen and oxygen atoms in total. The number of benzene rings is 6. The van der Waals surface area contributed by atoms with Gasteiger partial charge in [0.25, 0.3) is 0 Å². The van der Waals surface area contributed by atoms with Gasteiger partial charge >= 0.3 is 0 Å². The van der Waals surface area contributed by atoms with E-state index in [2.05, 4.69) is 6.92 Å². The normalized spacial score (nSPS) is 25.6. The second kappa shape index (κ2) is 28.3.